The summed E-state index contributed by atoms with van der Waals surface area (Å²) < 4.78 is 5.14. The molecule has 0 saturated carbocycles. The van der Waals surface area contributed by atoms with Crippen molar-refractivity contribution in [3.05, 3.63) is 28.3 Å². The summed E-state index contributed by atoms with van der Waals surface area (Å²) >= 11 is 11.1. The highest BCUT2D eigenvalue weighted by atomic mass is 35.5. The first-order chi connectivity index (χ1) is 6.50. The quantitative estimate of drug-likeness (QED) is 0.750. The Morgan fingerprint density at radius 3 is 2.29 bits per heavy atom. The van der Waals surface area contributed by atoms with Crippen LogP contribution >= 0.6 is 23.2 Å². The van der Waals surface area contributed by atoms with Crippen molar-refractivity contribution in [2.24, 2.45) is 0 Å². The molecule has 0 aliphatic heterocycles. The SMILES string of the molecule is Cc1cc(OCC(=O)Cl)cc(C)c1Cl. The van der Waals surface area contributed by atoms with Crippen molar-refractivity contribution in [3.8, 4) is 5.75 Å². The Balaban J connectivity index is 2.84. The molecule has 0 aliphatic rings. The minimum atomic E-state index is -0.518. The highest BCUT2D eigenvalue weighted by Crippen LogP contribution is 2.25. The second-order valence-electron chi connectivity index (χ2n) is 3.01. The van der Waals surface area contributed by atoms with E-state index in [1.165, 1.54) is 0 Å². The molecule has 1 rings (SSSR count). The molecule has 14 heavy (non-hydrogen) atoms. The normalized spacial score (nSPS) is 10.0. The molecule has 0 atom stereocenters. The van der Waals surface area contributed by atoms with Gasteiger partial charge in [0.15, 0.2) is 6.61 Å². The van der Waals surface area contributed by atoms with Crippen LogP contribution in [0.15, 0.2) is 12.1 Å². The molecule has 0 N–H and O–H groups in total. The summed E-state index contributed by atoms with van der Waals surface area (Å²) in [5, 5.41) is 0.199. The first kappa shape index (κ1) is 11.3. The van der Waals surface area contributed by atoms with Crippen LogP contribution < -0.4 is 4.74 Å². The number of ether oxygens (including phenoxy) is 1. The number of carbonyl (C=O) groups is 1. The standard InChI is InChI=1S/C10H10Cl2O2/c1-6-3-8(14-5-9(11)13)4-7(2)10(6)12/h3-4H,5H2,1-2H3. The van der Waals surface area contributed by atoms with Crippen LogP contribution in [0.5, 0.6) is 5.75 Å². The molecule has 1 aromatic carbocycles. The van der Waals surface area contributed by atoms with Crippen LogP contribution in [0.25, 0.3) is 0 Å². The largest absolute Gasteiger partial charge is 0.484 e. The molecule has 0 aromatic heterocycles. The first-order valence-electron chi connectivity index (χ1n) is 4.08. The molecule has 0 radical (unpaired) electrons. The van der Waals surface area contributed by atoms with Crippen molar-refractivity contribution in [2.45, 2.75) is 13.8 Å². The molecule has 0 bridgehead atoms. The first-order valence-corrected chi connectivity index (χ1v) is 4.84. The average Bonchev–Trinajstić information content (AvgIpc) is 2.10. The molecule has 0 spiro atoms. The van der Waals surface area contributed by atoms with Gasteiger partial charge in [-0.15, -0.1) is 0 Å². The Bertz CT molecular complexity index is 338. The third-order valence-electron chi connectivity index (χ3n) is 1.76. The summed E-state index contributed by atoms with van der Waals surface area (Å²) in [7, 11) is 0. The van der Waals surface area contributed by atoms with Crippen LogP contribution in [0, 0.1) is 13.8 Å². The zero-order chi connectivity index (χ0) is 10.7. The Kier molecular flexibility index (Phi) is 3.78. The molecule has 2 nitrogen and oxygen atoms in total. The Morgan fingerprint density at radius 2 is 1.86 bits per heavy atom. The minimum absolute atomic E-state index is 0.123. The predicted octanol–water partition coefficient (Wildman–Crippen LogP) is 3.10. The molecule has 0 heterocycles. The van der Waals surface area contributed by atoms with Crippen LogP contribution in [0.2, 0.25) is 5.02 Å². The van der Waals surface area contributed by atoms with Crippen molar-refractivity contribution in [1.29, 1.82) is 0 Å². The maximum Gasteiger partial charge on any atom is 0.259 e. The topological polar surface area (TPSA) is 26.3 Å². The van der Waals surface area contributed by atoms with Crippen LogP contribution in [0.1, 0.15) is 11.1 Å². The third-order valence-corrected chi connectivity index (χ3v) is 2.47. The number of aryl methyl sites for hydroxylation is 2. The molecule has 0 amide bonds. The molecular weight excluding hydrogens is 223 g/mol. The molecule has 4 heteroatoms. The van der Waals surface area contributed by atoms with Gasteiger partial charge in [-0.1, -0.05) is 11.6 Å². The molecule has 1 aromatic rings. The van der Waals surface area contributed by atoms with Gasteiger partial charge >= 0.3 is 0 Å². The maximum absolute atomic E-state index is 10.5. The Morgan fingerprint density at radius 1 is 1.36 bits per heavy atom. The number of hydrogen-bond acceptors (Lipinski definition) is 2. The number of hydrogen-bond donors (Lipinski definition) is 0. The summed E-state index contributed by atoms with van der Waals surface area (Å²) in [6, 6.07) is 3.55. The van der Waals surface area contributed by atoms with Crippen molar-refractivity contribution < 1.29 is 9.53 Å². The van der Waals surface area contributed by atoms with Crippen molar-refractivity contribution in [1.82, 2.24) is 0 Å². The fraction of sp³-hybridized carbons (Fsp3) is 0.300. The van der Waals surface area contributed by atoms with Crippen molar-refractivity contribution >= 4 is 28.4 Å². The van der Waals surface area contributed by atoms with Gasteiger partial charge in [-0.25, -0.2) is 0 Å². The van der Waals surface area contributed by atoms with Gasteiger partial charge in [-0.05, 0) is 48.7 Å². The second-order valence-corrected chi connectivity index (χ2v) is 3.81. The summed E-state index contributed by atoms with van der Waals surface area (Å²) in [4.78, 5) is 10.5. The highest BCUT2D eigenvalue weighted by molar-refractivity contribution is 6.63. The number of benzene rings is 1. The van der Waals surface area contributed by atoms with E-state index in [1.54, 1.807) is 12.1 Å². The minimum Gasteiger partial charge on any atom is -0.484 e. The van der Waals surface area contributed by atoms with Gasteiger partial charge in [-0.3, -0.25) is 4.79 Å². The van der Waals surface area contributed by atoms with E-state index >= 15 is 0 Å². The zero-order valence-corrected chi connectivity index (χ0v) is 9.45. The lowest BCUT2D eigenvalue weighted by molar-refractivity contribution is -0.113. The third kappa shape index (κ3) is 2.89. The number of carbonyl (C=O) groups excluding carboxylic acids is 1. The molecule has 76 valence electrons. The van der Waals surface area contributed by atoms with E-state index < -0.39 is 5.24 Å². The molecular formula is C10H10Cl2O2. The lowest BCUT2D eigenvalue weighted by Gasteiger charge is -2.07. The van der Waals surface area contributed by atoms with E-state index in [9.17, 15) is 4.79 Å². The highest BCUT2D eigenvalue weighted by Gasteiger charge is 2.04. The van der Waals surface area contributed by atoms with Gasteiger partial charge in [0.05, 0.1) is 0 Å². The lowest BCUT2D eigenvalue weighted by atomic mass is 10.1. The Hall–Kier alpha value is -0.730. The van der Waals surface area contributed by atoms with E-state index in [0.717, 1.165) is 16.1 Å². The van der Waals surface area contributed by atoms with Gasteiger partial charge < -0.3 is 4.74 Å². The van der Waals surface area contributed by atoms with Crippen molar-refractivity contribution in [3.63, 3.8) is 0 Å². The zero-order valence-electron chi connectivity index (χ0n) is 7.93. The van der Waals surface area contributed by atoms with Crippen LogP contribution in [-0.4, -0.2) is 11.8 Å². The molecule has 0 aliphatic carbocycles. The van der Waals surface area contributed by atoms with E-state index in [0.29, 0.717) is 5.75 Å². The van der Waals surface area contributed by atoms with Gasteiger partial charge in [0, 0.05) is 5.02 Å². The summed E-state index contributed by atoms with van der Waals surface area (Å²) in [6.45, 7) is 3.64. The van der Waals surface area contributed by atoms with Gasteiger partial charge in [0.1, 0.15) is 5.75 Å². The van der Waals surface area contributed by atoms with Crippen LogP contribution in [0.3, 0.4) is 0 Å². The fourth-order valence-corrected chi connectivity index (χ4v) is 1.29. The Labute approximate surface area is 92.8 Å². The monoisotopic (exact) mass is 232 g/mol. The second kappa shape index (κ2) is 4.67. The molecule has 0 unspecified atom stereocenters. The summed E-state index contributed by atoms with van der Waals surface area (Å²) in [6.07, 6.45) is 0. The van der Waals surface area contributed by atoms with Crippen molar-refractivity contribution in [2.75, 3.05) is 6.61 Å². The predicted molar refractivity (Wildman–Crippen MR) is 57.3 cm³/mol. The van der Waals surface area contributed by atoms with Crippen LogP contribution in [0.4, 0.5) is 0 Å². The van der Waals surface area contributed by atoms with E-state index in [1.807, 2.05) is 13.8 Å². The van der Waals surface area contributed by atoms with E-state index in [4.69, 9.17) is 27.9 Å². The number of rotatable bonds is 3. The molecule has 0 fully saturated rings. The lowest BCUT2D eigenvalue weighted by Crippen LogP contribution is -2.04. The van der Waals surface area contributed by atoms with Gasteiger partial charge in [0.2, 0.25) is 0 Å². The molecule has 0 saturated heterocycles. The number of halogens is 2. The smallest absolute Gasteiger partial charge is 0.259 e. The summed E-state index contributed by atoms with van der Waals surface area (Å²) in [5.41, 5.74) is 1.84. The maximum atomic E-state index is 10.5. The van der Waals surface area contributed by atoms with E-state index in [-0.39, 0.29) is 6.61 Å². The van der Waals surface area contributed by atoms with Crippen LogP contribution in [-0.2, 0) is 4.79 Å². The van der Waals surface area contributed by atoms with Gasteiger partial charge in [0.25, 0.3) is 5.24 Å². The summed E-state index contributed by atoms with van der Waals surface area (Å²) in [5.74, 6) is 0.610. The van der Waals surface area contributed by atoms with E-state index in [2.05, 4.69) is 0 Å². The van der Waals surface area contributed by atoms with Gasteiger partial charge in [-0.2, -0.15) is 0 Å². The average molecular weight is 233 g/mol. The fourth-order valence-electron chi connectivity index (χ4n) is 1.13.